The summed E-state index contributed by atoms with van der Waals surface area (Å²) in [6.07, 6.45) is -5.45. The molecular weight excluding hydrogens is 211 g/mol. The molecule has 3 aliphatic carbocycles. The largest absolute Gasteiger partial charge is 0.465 e. The summed E-state index contributed by atoms with van der Waals surface area (Å²) >= 11 is 0. The third kappa shape index (κ3) is 1.10. The highest BCUT2D eigenvalue weighted by Gasteiger charge is 2.80. The number of hydrogen-bond donors (Lipinski definition) is 1. The Kier molecular flexibility index (Phi) is 1.83. The van der Waals surface area contributed by atoms with Crippen LogP contribution in [0.15, 0.2) is 0 Å². The minimum Gasteiger partial charge on any atom is -0.465 e. The van der Waals surface area contributed by atoms with Gasteiger partial charge in [0.15, 0.2) is 0 Å². The molecule has 3 fully saturated rings. The zero-order valence-electron chi connectivity index (χ0n) is 8.26. The van der Waals surface area contributed by atoms with Crippen LogP contribution >= 0.6 is 0 Å². The van der Waals surface area contributed by atoms with E-state index < -0.39 is 23.2 Å². The predicted molar refractivity (Wildman–Crippen MR) is 45.5 cm³/mol. The van der Waals surface area contributed by atoms with Crippen molar-refractivity contribution in [3.05, 3.63) is 0 Å². The highest BCUT2D eigenvalue weighted by molar-refractivity contribution is 5.67. The van der Waals surface area contributed by atoms with Crippen molar-refractivity contribution < 1.29 is 23.1 Å². The molecule has 0 aromatic carbocycles. The van der Waals surface area contributed by atoms with Gasteiger partial charge in [0, 0.05) is 12.1 Å². The molecule has 0 unspecified atom stereocenters. The van der Waals surface area contributed by atoms with Gasteiger partial charge < -0.3 is 10.0 Å². The molecule has 1 amide bonds. The van der Waals surface area contributed by atoms with Crippen LogP contribution in [-0.4, -0.2) is 34.4 Å². The summed E-state index contributed by atoms with van der Waals surface area (Å²) in [7, 11) is 0. The fraction of sp³-hybridized carbons (Fsp3) is 0.889. The average Bonchev–Trinajstić information content (AvgIpc) is 1.88. The molecule has 1 N–H and O–H groups in total. The molecule has 0 spiro atoms. The highest BCUT2D eigenvalue weighted by atomic mass is 19.4. The average molecular weight is 223 g/mol. The lowest BCUT2D eigenvalue weighted by molar-refractivity contribution is -0.356. The molecule has 0 aromatic heterocycles. The molecule has 0 aliphatic heterocycles. The van der Waals surface area contributed by atoms with Crippen LogP contribution in [0.5, 0.6) is 0 Å². The SMILES string of the molecule is CCN(C(=O)O)C12CC(C(F)(F)F)(C1)C2. The summed E-state index contributed by atoms with van der Waals surface area (Å²) in [6.45, 7) is 1.90. The molecule has 0 aromatic rings. The second kappa shape index (κ2) is 2.59. The summed E-state index contributed by atoms with van der Waals surface area (Å²) in [5.74, 6) is 0. The van der Waals surface area contributed by atoms with E-state index >= 15 is 0 Å². The van der Waals surface area contributed by atoms with Crippen LogP contribution in [0, 0.1) is 5.41 Å². The van der Waals surface area contributed by atoms with E-state index in [4.69, 9.17) is 5.11 Å². The Morgan fingerprint density at radius 3 is 2.13 bits per heavy atom. The second-order valence-corrected chi connectivity index (χ2v) is 4.56. The summed E-state index contributed by atoms with van der Waals surface area (Å²) in [5.41, 5.74) is -2.29. The Morgan fingerprint density at radius 1 is 1.40 bits per heavy atom. The number of amides is 1. The molecule has 3 saturated carbocycles. The van der Waals surface area contributed by atoms with Gasteiger partial charge in [0.25, 0.3) is 0 Å². The Labute approximate surface area is 84.9 Å². The van der Waals surface area contributed by atoms with Crippen molar-refractivity contribution >= 4 is 6.09 Å². The van der Waals surface area contributed by atoms with Gasteiger partial charge in [-0.05, 0) is 26.2 Å². The van der Waals surface area contributed by atoms with E-state index in [9.17, 15) is 18.0 Å². The van der Waals surface area contributed by atoms with Gasteiger partial charge in [-0.3, -0.25) is 0 Å². The first-order valence-electron chi connectivity index (χ1n) is 4.84. The van der Waals surface area contributed by atoms with Crippen LogP contribution in [0.3, 0.4) is 0 Å². The van der Waals surface area contributed by atoms with Crippen LogP contribution in [-0.2, 0) is 0 Å². The normalized spacial score (nSPS) is 37.9. The second-order valence-electron chi connectivity index (χ2n) is 4.56. The minimum absolute atomic E-state index is 0.0519. The van der Waals surface area contributed by atoms with Crippen molar-refractivity contribution in [3.8, 4) is 0 Å². The molecule has 86 valence electrons. The van der Waals surface area contributed by atoms with E-state index in [2.05, 4.69) is 0 Å². The summed E-state index contributed by atoms with van der Waals surface area (Å²) < 4.78 is 37.5. The molecule has 3 aliphatic rings. The maximum Gasteiger partial charge on any atom is 0.407 e. The zero-order chi connectivity index (χ0) is 11.5. The Morgan fingerprint density at radius 2 is 1.87 bits per heavy atom. The van der Waals surface area contributed by atoms with Gasteiger partial charge in [0.2, 0.25) is 0 Å². The van der Waals surface area contributed by atoms with Crippen molar-refractivity contribution in [1.82, 2.24) is 4.90 Å². The first-order chi connectivity index (χ1) is 6.76. The lowest BCUT2D eigenvalue weighted by Crippen LogP contribution is -2.79. The van der Waals surface area contributed by atoms with Crippen molar-refractivity contribution in [1.29, 1.82) is 0 Å². The minimum atomic E-state index is -4.17. The monoisotopic (exact) mass is 223 g/mol. The van der Waals surface area contributed by atoms with Gasteiger partial charge in [-0.15, -0.1) is 0 Å². The molecule has 6 heteroatoms. The smallest absolute Gasteiger partial charge is 0.407 e. The molecule has 3 nitrogen and oxygen atoms in total. The number of hydrogen-bond acceptors (Lipinski definition) is 1. The highest BCUT2D eigenvalue weighted by Crippen LogP contribution is 2.75. The standard InChI is InChI=1S/C9H12F3NO2/c1-2-13(6(14)15)8-3-7(4-8,5-8)9(10,11)12/h2-5H2,1H3,(H,14,15). The first-order valence-corrected chi connectivity index (χ1v) is 4.84. The fourth-order valence-corrected chi connectivity index (χ4v) is 2.99. The maximum atomic E-state index is 12.5. The molecule has 0 heterocycles. The molecule has 2 bridgehead atoms. The Hall–Kier alpha value is -0.940. The number of halogens is 3. The summed E-state index contributed by atoms with van der Waals surface area (Å²) in [5, 5.41) is 8.83. The number of alkyl halides is 3. The zero-order valence-corrected chi connectivity index (χ0v) is 8.26. The molecule has 3 rings (SSSR count). The van der Waals surface area contributed by atoms with Crippen LogP contribution in [0.25, 0.3) is 0 Å². The van der Waals surface area contributed by atoms with E-state index in [0.29, 0.717) is 0 Å². The number of nitrogens with zero attached hydrogens (tertiary/aromatic N) is 1. The van der Waals surface area contributed by atoms with E-state index in [-0.39, 0.29) is 25.8 Å². The number of carbonyl (C=O) groups is 1. The van der Waals surface area contributed by atoms with Crippen LogP contribution in [0.1, 0.15) is 26.2 Å². The van der Waals surface area contributed by atoms with Gasteiger partial charge in [0.05, 0.1) is 5.41 Å². The molecule has 0 radical (unpaired) electrons. The van der Waals surface area contributed by atoms with Gasteiger partial charge in [-0.2, -0.15) is 13.2 Å². The van der Waals surface area contributed by atoms with Crippen LogP contribution in [0.2, 0.25) is 0 Å². The molecule has 0 saturated heterocycles. The van der Waals surface area contributed by atoms with Crippen LogP contribution < -0.4 is 0 Å². The summed E-state index contributed by atoms with van der Waals surface area (Å²) in [4.78, 5) is 11.9. The third-order valence-electron chi connectivity index (χ3n) is 3.72. The van der Waals surface area contributed by atoms with Gasteiger partial charge in [-0.1, -0.05) is 0 Å². The van der Waals surface area contributed by atoms with E-state index in [1.807, 2.05) is 0 Å². The lowest BCUT2D eigenvalue weighted by Gasteiger charge is -2.72. The first kappa shape index (κ1) is 10.6. The lowest BCUT2D eigenvalue weighted by atomic mass is 9.38. The van der Waals surface area contributed by atoms with Gasteiger partial charge >= 0.3 is 12.3 Å². The molecule has 15 heavy (non-hydrogen) atoms. The Bertz CT molecular complexity index is 293. The van der Waals surface area contributed by atoms with Crippen molar-refractivity contribution in [2.45, 2.75) is 37.9 Å². The quantitative estimate of drug-likeness (QED) is 0.781. The fourth-order valence-electron chi connectivity index (χ4n) is 2.99. The maximum absolute atomic E-state index is 12.5. The predicted octanol–water partition coefficient (Wildman–Crippen LogP) is 2.47. The van der Waals surface area contributed by atoms with Crippen molar-refractivity contribution in [2.75, 3.05) is 6.54 Å². The van der Waals surface area contributed by atoms with E-state index in [1.165, 1.54) is 0 Å². The number of carboxylic acid groups (broad SMARTS) is 1. The van der Waals surface area contributed by atoms with Gasteiger partial charge in [-0.25, -0.2) is 4.79 Å². The van der Waals surface area contributed by atoms with Crippen molar-refractivity contribution in [2.24, 2.45) is 5.41 Å². The number of rotatable bonds is 2. The topological polar surface area (TPSA) is 40.5 Å². The van der Waals surface area contributed by atoms with Crippen molar-refractivity contribution in [3.63, 3.8) is 0 Å². The third-order valence-corrected chi connectivity index (χ3v) is 3.72. The Balaban J connectivity index is 2.06. The van der Waals surface area contributed by atoms with E-state index in [1.54, 1.807) is 6.92 Å². The molecule has 0 atom stereocenters. The van der Waals surface area contributed by atoms with E-state index in [0.717, 1.165) is 4.90 Å². The molecular formula is C9H12F3NO2. The van der Waals surface area contributed by atoms with Crippen LogP contribution in [0.4, 0.5) is 18.0 Å². The van der Waals surface area contributed by atoms with Gasteiger partial charge in [0.1, 0.15) is 0 Å². The summed E-state index contributed by atoms with van der Waals surface area (Å²) in [6, 6.07) is 0.